The molecule has 0 heterocycles. The van der Waals surface area contributed by atoms with Crippen LogP contribution in [0.1, 0.15) is 93.6 Å². The molecule has 0 aliphatic heterocycles. The highest BCUT2D eigenvalue weighted by atomic mass is 35.5. The maximum atomic E-state index is 11.1. The lowest BCUT2D eigenvalue weighted by molar-refractivity contribution is -0.140. The summed E-state index contributed by atoms with van der Waals surface area (Å²) in [4.78, 5) is 11.1. The number of hydrogen-bond donors (Lipinski definition) is 0. The van der Waals surface area contributed by atoms with E-state index in [1.807, 2.05) is 0 Å². The van der Waals surface area contributed by atoms with E-state index in [2.05, 4.69) is 29.0 Å². The van der Waals surface area contributed by atoms with Crippen LogP contribution in [0.2, 0.25) is 0 Å². The number of esters is 1. The van der Waals surface area contributed by atoms with Gasteiger partial charge in [0, 0.05) is 6.42 Å². The molecule has 1 fully saturated rings. The van der Waals surface area contributed by atoms with Crippen LogP contribution in [0.3, 0.4) is 0 Å². The molecule has 0 spiro atoms. The largest absolute Gasteiger partial charge is 0.469 e. The minimum Gasteiger partial charge on any atom is -0.469 e. The molecule has 1 saturated carbocycles. The number of carbonyl (C=O) groups excluding carboxylic acids is 1. The van der Waals surface area contributed by atoms with Gasteiger partial charge in [0.25, 0.3) is 0 Å². The summed E-state index contributed by atoms with van der Waals surface area (Å²) >= 11 is 6.59. The molecule has 1 aliphatic rings. The molecule has 1 aromatic carbocycles. The third kappa shape index (κ3) is 8.12. The molecule has 26 heavy (non-hydrogen) atoms. The Labute approximate surface area is 164 Å². The quantitative estimate of drug-likeness (QED) is 0.235. The first-order valence-corrected chi connectivity index (χ1v) is 10.9. The van der Waals surface area contributed by atoms with E-state index in [-0.39, 0.29) is 11.3 Å². The summed E-state index contributed by atoms with van der Waals surface area (Å²) in [6.07, 6.45) is 15.9. The number of benzene rings is 1. The Balaban J connectivity index is 1.59. The molecule has 0 N–H and O–H groups in total. The lowest BCUT2D eigenvalue weighted by atomic mass is 9.85. The number of hydrogen-bond acceptors (Lipinski definition) is 2. The van der Waals surface area contributed by atoms with Gasteiger partial charge in [0.15, 0.2) is 0 Å². The minimum absolute atomic E-state index is 0.119. The molecule has 0 aromatic heterocycles. The molecule has 1 aromatic rings. The number of unbranched alkanes of at least 4 members (excludes halogenated alkanes) is 2. The zero-order valence-corrected chi connectivity index (χ0v) is 17.1. The predicted octanol–water partition coefficient (Wildman–Crippen LogP) is 6.99. The van der Waals surface area contributed by atoms with E-state index in [0.29, 0.717) is 6.42 Å². The van der Waals surface area contributed by atoms with Gasteiger partial charge in [-0.1, -0.05) is 82.1 Å². The van der Waals surface area contributed by atoms with Crippen LogP contribution in [0.5, 0.6) is 0 Å². The van der Waals surface area contributed by atoms with Gasteiger partial charge >= 0.3 is 5.97 Å². The Bertz CT molecular complexity index is 505. The molecular formula is C23H35ClO2. The first kappa shape index (κ1) is 21.3. The van der Waals surface area contributed by atoms with Gasteiger partial charge in [-0.3, -0.25) is 4.79 Å². The number of carbonyl (C=O) groups is 1. The van der Waals surface area contributed by atoms with Crippen LogP contribution >= 0.6 is 11.6 Å². The zero-order valence-electron chi connectivity index (χ0n) is 16.4. The Morgan fingerprint density at radius 3 is 2.50 bits per heavy atom. The highest BCUT2D eigenvalue weighted by molar-refractivity contribution is 6.20. The van der Waals surface area contributed by atoms with E-state index >= 15 is 0 Å². The lowest BCUT2D eigenvalue weighted by Crippen LogP contribution is -2.05. The third-order valence-corrected chi connectivity index (χ3v) is 6.18. The van der Waals surface area contributed by atoms with Crippen molar-refractivity contribution in [2.75, 3.05) is 7.11 Å². The molecule has 0 bridgehead atoms. The Kier molecular flexibility index (Phi) is 10.1. The van der Waals surface area contributed by atoms with Crippen LogP contribution in [0, 0.1) is 5.92 Å². The van der Waals surface area contributed by atoms with Crippen LogP contribution < -0.4 is 0 Å². The van der Waals surface area contributed by atoms with Crippen LogP contribution in [0.25, 0.3) is 0 Å². The van der Waals surface area contributed by atoms with Crippen molar-refractivity contribution in [3.63, 3.8) is 0 Å². The molecule has 1 aliphatic carbocycles. The minimum atomic E-state index is -0.133. The molecule has 0 saturated heterocycles. The van der Waals surface area contributed by atoms with Crippen molar-refractivity contribution in [3.05, 3.63) is 35.4 Å². The van der Waals surface area contributed by atoms with Gasteiger partial charge in [-0.25, -0.2) is 0 Å². The average molecular weight is 379 g/mol. The Morgan fingerprint density at radius 2 is 1.81 bits per heavy atom. The van der Waals surface area contributed by atoms with E-state index in [9.17, 15) is 4.79 Å². The van der Waals surface area contributed by atoms with Gasteiger partial charge in [0.2, 0.25) is 0 Å². The van der Waals surface area contributed by atoms with E-state index < -0.39 is 0 Å². The second-order valence-electron chi connectivity index (χ2n) is 7.78. The predicted molar refractivity (Wildman–Crippen MR) is 110 cm³/mol. The monoisotopic (exact) mass is 378 g/mol. The van der Waals surface area contributed by atoms with Crippen molar-refractivity contribution in [3.8, 4) is 0 Å². The number of methoxy groups -OCH3 is 1. The van der Waals surface area contributed by atoms with Crippen molar-refractivity contribution in [1.29, 1.82) is 0 Å². The smallest absolute Gasteiger partial charge is 0.305 e. The summed E-state index contributed by atoms with van der Waals surface area (Å²) in [6, 6.07) is 8.58. The maximum Gasteiger partial charge on any atom is 0.305 e. The normalized spacial score (nSPS) is 16.4. The van der Waals surface area contributed by atoms with Crippen molar-refractivity contribution < 1.29 is 9.53 Å². The summed E-state index contributed by atoms with van der Waals surface area (Å²) in [5.74, 6) is 0.869. The third-order valence-electron chi connectivity index (χ3n) is 5.71. The van der Waals surface area contributed by atoms with Gasteiger partial charge in [-0.2, -0.15) is 0 Å². The molecule has 0 radical (unpaired) electrons. The summed E-state index contributed by atoms with van der Waals surface area (Å²) in [7, 11) is 1.44. The summed E-state index contributed by atoms with van der Waals surface area (Å²) in [6.45, 7) is 0. The fourth-order valence-electron chi connectivity index (χ4n) is 4.01. The number of alkyl halides is 1. The summed E-state index contributed by atoms with van der Waals surface area (Å²) < 4.78 is 4.67. The molecule has 146 valence electrons. The standard InChI is InChI=1S/C23H35ClO2/c1-26-23(25)14-8-12-20-15-17-21(18-16-20)22(24)13-7-3-6-11-19-9-4-2-5-10-19/h15-19,22H,2-14H2,1H3. The van der Waals surface area contributed by atoms with Gasteiger partial charge in [0.05, 0.1) is 12.5 Å². The van der Waals surface area contributed by atoms with E-state index in [4.69, 9.17) is 11.6 Å². The van der Waals surface area contributed by atoms with Crippen LogP contribution in [0.15, 0.2) is 24.3 Å². The molecular weight excluding hydrogens is 344 g/mol. The Morgan fingerprint density at radius 1 is 1.08 bits per heavy atom. The molecule has 2 nitrogen and oxygen atoms in total. The maximum absolute atomic E-state index is 11.1. The first-order valence-electron chi connectivity index (χ1n) is 10.5. The van der Waals surface area contributed by atoms with Crippen LogP contribution in [0.4, 0.5) is 0 Å². The van der Waals surface area contributed by atoms with E-state index in [1.54, 1.807) is 0 Å². The van der Waals surface area contributed by atoms with E-state index in [1.165, 1.54) is 76.0 Å². The number of rotatable bonds is 11. The van der Waals surface area contributed by atoms with Gasteiger partial charge in [-0.15, -0.1) is 11.6 Å². The van der Waals surface area contributed by atoms with Gasteiger partial charge < -0.3 is 4.74 Å². The van der Waals surface area contributed by atoms with Crippen LogP contribution in [-0.2, 0) is 16.0 Å². The zero-order chi connectivity index (χ0) is 18.6. The van der Waals surface area contributed by atoms with Crippen molar-refractivity contribution in [1.82, 2.24) is 0 Å². The molecule has 3 heteroatoms. The van der Waals surface area contributed by atoms with Gasteiger partial charge in [-0.05, 0) is 36.3 Å². The first-order chi connectivity index (χ1) is 12.7. The number of aryl methyl sites for hydroxylation is 1. The van der Waals surface area contributed by atoms with Crippen molar-refractivity contribution in [2.45, 2.75) is 88.8 Å². The second-order valence-corrected chi connectivity index (χ2v) is 8.31. The fourth-order valence-corrected chi connectivity index (χ4v) is 4.31. The highest BCUT2D eigenvalue weighted by Crippen LogP contribution is 2.30. The number of ether oxygens (including phenoxy) is 1. The molecule has 1 atom stereocenters. The van der Waals surface area contributed by atoms with Crippen molar-refractivity contribution >= 4 is 17.6 Å². The van der Waals surface area contributed by atoms with Crippen LogP contribution in [-0.4, -0.2) is 13.1 Å². The number of halogens is 1. The highest BCUT2D eigenvalue weighted by Gasteiger charge is 2.13. The fraction of sp³-hybridized carbons (Fsp3) is 0.696. The van der Waals surface area contributed by atoms with Gasteiger partial charge in [0.1, 0.15) is 0 Å². The molecule has 0 amide bonds. The topological polar surface area (TPSA) is 26.3 Å². The average Bonchev–Trinajstić information content (AvgIpc) is 2.68. The SMILES string of the molecule is COC(=O)CCCc1ccc(C(Cl)CCCCCC2CCCCC2)cc1. The Hall–Kier alpha value is -1.02. The van der Waals surface area contributed by atoms with E-state index in [0.717, 1.165) is 25.2 Å². The second kappa shape index (κ2) is 12.4. The molecule has 1 unspecified atom stereocenters. The summed E-state index contributed by atoms with van der Waals surface area (Å²) in [5.41, 5.74) is 2.48. The van der Waals surface area contributed by atoms with Crippen molar-refractivity contribution in [2.24, 2.45) is 5.92 Å². The lowest BCUT2D eigenvalue weighted by Gasteiger charge is -2.21. The summed E-state index contributed by atoms with van der Waals surface area (Å²) in [5, 5.41) is 0.119. The molecule has 2 rings (SSSR count).